The predicted octanol–water partition coefficient (Wildman–Crippen LogP) is 4.33. The van der Waals surface area contributed by atoms with Crippen LogP contribution in [0.1, 0.15) is 37.3 Å². The van der Waals surface area contributed by atoms with Crippen molar-refractivity contribution in [3.8, 4) is 5.75 Å². The maximum Gasteiger partial charge on any atom is 0.264 e. The van der Waals surface area contributed by atoms with Crippen molar-refractivity contribution >= 4 is 46.7 Å². The SMILES string of the molecule is COc1ccc([Si](C)(C)[C@@H]2[C@@H](CC(=O)N3CCC[C@H]3CO)O[C@]3(C(=O)N(C)c4c(Br)cc(C)cc43)[C@H]2C)cc1. The van der Waals surface area contributed by atoms with E-state index in [1.807, 2.05) is 37.1 Å². The molecule has 3 heterocycles. The number of benzene rings is 2. The van der Waals surface area contributed by atoms with E-state index < -0.39 is 19.8 Å². The Labute approximate surface area is 240 Å². The summed E-state index contributed by atoms with van der Waals surface area (Å²) >= 11 is 3.70. The molecule has 39 heavy (non-hydrogen) atoms. The maximum atomic E-state index is 14.2. The summed E-state index contributed by atoms with van der Waals surface area (Å²) in [6, 6.07) is 12.2. The molecule has 3 aliphatic heterocycles. The minimum absolute atomic E-state index is 0.00484. The van der Waals surface area contributed by atoms with Crippen molar-refractivity contribution in [2.75, 3.05) is 32.2 Å². The monoisotopic (exact) mass is 614 g/mol. The summed E-state index contributed by atoms with van der Waals surface area (Å²) in [5, 5.41) is 11.1. The fraction of sp³-hybridized carbons (Fsp3) is 0.533. The number of hydrogen-bond donors (Lipinski definition) is 1. The van der Waals surface area contributed by atoms with Crippen LogP contribution < -0.4 is 14.8 Å². The summed E-state index contributed by atoms with van der Waals surface area (Å²) in [5.41, 5.74) is 1.60. The van der Waals surface area contributed by atoms with E-state index in [-0.39, 0.29) is 42.3 Å². The van der Waals surface area contributed by atoms with Gasteiger partial charge in [-0.1, -0.05) is 43.4 Å². The van der Waals surface area contributed by atoms with Crippen molar-refractivity contribution in [2.24, 2.45) is 5.92 Å². The molecule has 0 radical (unpaired) electrons. The minimum atomic E-state index is -2.32. The van der Waals surface area contributed by atoms with Crippen molar-refractivity contribution in [2.45, 2.75) is 69.5 Å². The number of aryl methyl sites for hydroxylation is 1. The number of carbonyl (C=O) groups is 2. The fourth-order valence-electron chi connectivity index (χ4n) is 7.49. The lowest BCUT2D eigenvalue weighted by Gasteiger charge is -2.37. The number of likely N-dealkylation sites (N-methyl/N-ethyl adjacent to an activating group) is 1. The van der Waals surface area contributed by atoms with Gasteiger partial charge in [-0.05, 0) is 65.0 Å². The number of amides is 2. The highest BCUT2D eigenvalue weighted by Gasteiger charge is 2.66. The third kappa shape index (κ3) is 4.36. The highest BCUT2D eigenvalue weighted by Crippen LogP contribution is 2.60. The molecule has 5 rings (SSSR count). The van der Waals surface area contributed by atoms with E-state index in [9.17, 15) is 14.7 Å². The van der Waals surface area contributed by atoms with Crippen LogP contribution in [0.2, 0.25) is 18.6 Å². The van der Waals surface area contributed by atoms with Crippen molar-refractivity contribution in [3.05, 3.63) is 52.0 Å². The topological polar surface area (TPSA) is 79.3 Å². The number of ether oxygens (including phenoxy) is 2. The van der Waals surface area contributed by atoms with Gasteiger partial charge in [-0.15, -0.1) is 0 Å². The van der Waals surface area contributed by atoms with Gasteiger partial charge < -0.3 is 24.4 Å². The number of likely N-dealkylation sites (tertiary alicyclic amines) is 1. The Morgan fingerprint density at radius 1 is 1.26 bits per heavy atom. The number of methoxy groups -OCH3 is 1. The lowest BCUT2D eigenvalue weighted by molar-refractivity contribution is -0.149. The van der Waals surface area contributed by atoms with Crippen LogP contribution in [0.5, 0.6) is 5.75 Å². The van der Waals surface area contributed by atoms with E-state index in [0.29, 0.717) is 6.54 Å². The van der Waals surface area contributed by atoms with Gasteiger partial charge in [0, 0.05) is 29.5 Å². The van der Waals surface area contributed by atoms with Crippen LogP contribution in [0.15, 0.2) is 40.9 Å². The second-order valence-electron chi connectivity index (χ2n) is 11.9. The number of nitrogens with zero attached hydrogens (tertiary/aromatic N) is 2. The third-order valence-corrected chi connectivity index (χ3v) is 14.4. The Hall–Kier alpha value is -2.20. The van der Waals surface area contributed by atoms with Gasteiger partial charge in [-0.3, -0.25) is 9.59 Å². The van der Waals surface area contributed by atoms with Crippen LogP contribution >= 0.6 is 15.9 Å². The standard InChI is InChI=1S/C30H39BrN2O5Si/c1-18-14-23-27(24(31)15-18)32(3)29(36)30(23)19(2)28(39(5,6)22-11-9-21(37-4)10-12-22)25(38-30)16-26(35)33-13-7-8-20(33)17-34/h9-12,14-15,19-20,25,28,34H,7-8,13,16-17H2,1-6H3/t19-,20-,25+,28-,30+/m0/s1. The second-order valence-corrected chi connectivity index (χ2v) is 17.5. The molecule has 0 bridgehead atoms. The van der Waals surface area contributed by atoms with Crippen LogP contribution in [0.3, 0.4) is 0 Å². The molecule has 7 nitrogen and oxygen atoms in total. The molecular formula is C30H39BrN2O5Si. The highest BCUT2D eigenvalue weighted by molar-refractivity contribution is 9.10. The van der Waals surface area contributed by atoms with Crippen LogP contribution in [0, 0.1) is 12.8 Å². The second kappa shape index (κ2) is 10.3. The van der Waals surface area contributed by atoms with E-state index in [0.717, 1.165) is 39.9 Å². The molecular weight excluding hydrogens is 576 g/mol. The first-order valence-electron chi connectivity index (χ1n) is 13.8. The normalized spacial score (nSPS) is 28.5. The summed E-state index contributed by atoms with van der Waals surface area (Å²) < 4.78 is 13.3. The van der Waals surface area contributed by atoms with E-state index in [1.165, 1.54) is 5.19 Å². The lowest BCUT2D eigenvalue weighted by atomic mass is 9.82. The molecule has 210 valence electrons. The van der Waals surface area contributed by atoms with Crippen molar-refractivity contribution < 1.29 is 24.2 Å². The molecule has 2 fully saturated rings. The Morgan fingerprint density at radius 2 is 1.95 bits per heavy atom. The molecule has 2 aromatic rings. The molecule has 3 aliphatic rings. The summed E-state index contributed by atoms with van der Waals surface area (Å²) in [6.45, 7) is 9.42. The predicted molar refractivity (Wildman–Crippen MR) is 158 cm³/mol. The lowest BCUT2D eigenvalue weighted by Crippen LogP contribution is -2.52. The van der Waals surface area contributed by atoms with E-state index in [1.54, 1.807) is 12.0 Å². The molecule has 2 amide bonds. The third-order valence-electron chi connectivity index (χ3n) is 9.43. The average molecular weight is 616 g/mol. The molecule has 2 saturated heterocycles. The molecule has 0 aromatic heterocycles. The molecule has 1 N–H and O–H groups in total. The van der Waals surface area contributed by atoms with Gasteiger partial charge in [0.05, 0.1) is 46.0 Å². The number of fused-ring (bicyclic) bond motifs is 2. The van der Waals surface area contributed by atoms with E-state index in [2.05, 4.69) is 54.1 Å². The van der Waals surface area contributed by atoms with E-state index >= 15 is 0 Å². The van der Waals surface area contributed by atoms with Gasteiger partial charge in [0.15, 0.2) is 5.60 Å². The van der Waals surface area contributed by atoms with Gasteiger partial charge in [-0.2, -0.15) is 0 Å². The fourth-order valence-corrected chi connectivity index (χ4v) is 12.3. The quantitative estimate of drug-likeness (QED) is 0.490. The maximum absolute atomic E-state index is 14.2. The Kier molecular flexibility index (Phi) is 7.50. The number of anilines is 1. The zero-order valence-electron chi connectivity index (χ0n) is 23.7. The molecule has 0 saturated carbocycles. The smallest absolute Gasteiger partial charge is 0.264 e. The van der Waals surface area contributed by atoms with Crippen LogP contribution in [0.4, 0.5) is 5.69 Å². The highest BCUT2D eigenvalue weighted by atomic mass is 79.9. The molecule has 0 unspecified atom stereocenters. The van der Waals surface area contributed by atoms with Crippen LogP contribution in [-0.2, 0) is 19.9 Å². The Bertz CT molecular complexity index is 1280. The number of aliphatic hydroxyl groups excluding tert-OH is 1. The van der Waals surface area contributed by atoms with Gasteiger partial charge >= 0.3 is 0 Å². The minimum Gasteiger partial charge on any atom is -0.497 e. The first-order valence-corrected chi connectivity index (χ1v) is 17.7. The molecule has 9 heteroatoms. The molecule has 0 aliphatic carbocycles. The average Bonchev–Trinajstić information content (AvgIpc) is 3.55. The zero-order valence-corrected chi connectivity index (χ0v) is 26.2. The Balaban J connectivity index is 1.61. The summed E-state index contributed by atoms with van der Waals surface area (Å²) in [5.74, 6) is 0.560. The molecule has 1 spiro atoms. The number of aliphatic hydroxyl groups is 1. The number of carbonyl (C=O) groups excluding carboxylic acids is 2. The molecule has 2 aromatic carbocycles. The summed E-state index contributed by atoms with van der Waals surface area (Å²) in [4.78, 5) is 31.4. The van der Waals surface area contributed by atoms with Crippen molar-refractivity contribution in [1.29, 1.82) is 0 Å². The number of rotatable bonds is 6. The van der Waals surface area contributed by atoms with Crippen LogP contribution in [-0.4, -0.2) is 69.3 Å². The van der Waals surface area contributed by atoms with Crippen molar-refractivity contribution in [3.63, 3.8) is 0 Å². The van der Waals surface area contributed by atoms with Gasteiger partial charge in [0.25, 0.3) is 5.91 Å². The van der Waals surface area contributed by atoms with Crippen molar-refractivity contribution in [1.82, 2.24) is 4.90 Å². The van der Waals surface area contributed by atoms with E-state index in [4.69, 9.17) is 9.47 Å². The first kappa shape index (κ1) is 28.3. The number of halogens is 1. The summed E-state index contributed by atoms with van der Waals surface area (Å²) in [6.07, 6.45) is 1.47. The van der Waals surface area contributed by atoms with Gasteiger partial charge in [0.1, 0.15) is 5.75 Å². The largest absolute Gasteiger partial charge is 0.497 e. The number of hydrogen-bond acceptors (Lipinski definition) is 5. The van der Waals surface area contributed by atoms with Gasteiger partial charge in [0.2, 0.25) is 5.91 Å². The summed E-state index contributed by atoms with van der Waals surface area (Å²) in [7, 11) is 1.15. The van der Waals surface area contributed by atoms with Crippen LogP contribution in [0.25, 0.3) is 0 Å². The zero-order chi connectivity index (χ0) is 28.3. The Morgan fingerprint density at radius 3 is 2.59 bits per heavy atom. The molecule has 5 atom stereocenters. The first-order chi connectivity index (χ1) is 18.5. The van der Waals surface area contributed by atoms with Gasteiger partial charge in [-0.25, -0.2) is 0 Å².